The Kier molecular flexibility index (Phi) is 8.26. The van der Waals surface area contributed by atoms with E-state index in [0.29, 0.717) is 24.8 Å². The summed E-state index contributed by atoms with van der Waals surface area (Å²) in [5.74, 6) is 1.24. The summed E-state index contributed by atoms with van der Waals surface area (Å²) >= 11 is 0. The van der Waals surface area contributed by atoms with Crippen LogP contribution in [-0.4, -0.2) is 18.5 Å². The maximum atomic E-state index is 11.8. The highest BCUT2D eigenvalue weighted by atomic mass is 16.1. The van der Waals surface area contributed by atoms with Crippen molar-refractivity contribution < 1.29 is 4.79 Å². The minimum atomic E-state index is 0.141. The summed E-state index contributed by atoms with van der Waals surface area (Å²) in [6.07, 6.45) is 3.75. The Morgan fingerprint density at radius 1 is 1.25 bits per heavy atom. The van der Waals surface area contributed by atoms with Crippen molar-refractivity contribution in [1.82, 2.24) is 5.32 Å². The van der Waals surface area contributed by atoms with E-state index in [0.717, 1.165) is 19.3 Å². The average molecular weight is 228 g/mol. The highest BCUT2D eigenvalue weighted by Crippen LogP contribution is 2.12. The van der Waals surface area contributed by atoms with Crippen LogP contribution in [-0.2, 0) is 4.79 Å². The number of hydrogen-bond acceptors (Lipinski definition) is 2. The van der Waals surface area contributed by atoms with Crippen molar-refractivity contribution in [1.29, 1.82) is 0 Å². The van der Waals surface area contributed by atoms with Gasteiger partial charge in [-0.1, -0.05) is 40.5 Å². The van der Waals surface area contributed by atoms with Crippen LogP contribution in [0.1, 0.15) is 53.4 Å². The lowest BCUT2D eigenvalue weighted by Gasteiger charge is -2.20. The quantitative estimate of drug-likeness (QED) is 0.670. The van der Waals surface area contributed by atoms with Gasteiger partial charge in [-0.3, -0.25) is 4.79 Å². The third-order valence-electron chi connectivity index (χ3n) is 3.03. The minimum absolute atomic E-state index is 0.141. The van der Waals surface area contributed by atoms with Gasteiger partial charge in [-0.25, -0.2) is 0 Å². The molecule has 0 rings (SSSR count). The third-order valence-corrected chi connectivity index (χ3v) is 3.03. The number of rotatable bonds is 8. The second-order valence-electron chi connectivity index (χ2n) is 5.02. The number of carbonyl (C=O) groups is 1. The highest BCUT2D eigenvalue weighted by molar-refractivity contribution is 5.76. The topological polar surface area (TPSA) is 55.1 Å². The predicted molar refractivity (Wildman–Crippen MR) is 69.1 cm³/mol. The van der Waals surface area contributed by atoms with E-state index >= 15 is 0 Å². The smallest absolute Gasteiger partial charge is 0.220 e. The van der Waals surface area contributed by atoms with Crippen LogP contribution >= 0.6 is 0 Å². The number of hydrogen-bond donors (Lipinski definition) is 2. The molecule has 1 atom stereocenters. The standard InChI is InChI=1S/C13H28N2O/c1-5-11(6-2)8-13(16)15-12(9-14)7-10(3)4/h10-12H,5-9,14H2,1-4H3,(H,15,16). The van der Waals surface area contributed by atoms with Crippen molar-refractivity contribution in [2.75, 3.05) is 6.54 Å². The van der Waals surface area contributed by atoms with E-state index in [1.54, 1.807) is 0 Å². The Morgan fingerprint density at radius 2 is 1.81 bits per heavy atom. The molecule has 0 aromatic carbocycles. The summed E-state index contributed by atoms with van der Waals surface area (Å²) in [6.45, 7) is 9.10. The molecule has 0 saturated heterocycles. The molecule has 0 spiro atoms. The molecule has 3 heteroatoms. The zero-order valence-electron chi connectivity index (χ0n) is 11.3. The van der Waals surface area contributed by atoms with Crippen LogP contribution < -0.4 is 11.1 Å². The molecule has 0 heterocycles. The van der Waals surface area contributed by atoms with E-state index in [1.165, 1.54) is 0 Å². The zero-order chi connectivity index (χ0) is 12.6. The van der Waals surface area contributed by atoms with E-state index < -0.39 is 0 Å². The van der Waals surface area contributed by atoms with Crippen LogP contribution in [0.4, 0.5) is 0 Å². The minimum Gasteiger partial charge on any atom is -0.352 e. The summed E-state index contributed by atoms with van der Waals surface area (Å²) in [5, 5.41) is 3.03. The molecule has 0 fully saturated rings. The lowest BCUT2D eigenvalue weighted by Crippen LogP contribution is -2.41. The zero-order valence-corrected chi connectivity index (χ0v) is 11.3. The van der Waals surface area contributed by atoms with Crippen molar-refractivity contribution in [3.63, 3.8) is 0 Å². The van der Waals surface area contributed by atoms with Crippen molar-refractivity contribution in [3.8, 4) is 0 Å². The Bertz CT molecular complexity index is 188. The van der Waals surface area contributed by atoms with Crippen molar-refractivity contribution in [3.05, 3.63) is 0 Å². The fourth-order valence-corrected chi connectivity index (χ4v) is 1.91. The lowest BCUT2D eigenvalue weighted by atomic mass is 9.98. The Morgan fingerprint density at radius 3 is 2.19 bits per heavy atom. The first kappa shape index (κ1) is 15.4. The Hall–Kier alpha value is -0.570. The molecule has 1 unspecified atom stereocenters. The van der Waals surface area contributed by atoms with Crippen LogP contribution in [0.25, 0.3) is 0 Å². The molecule has 0 aliphatic rings. The molecule has 0 aromatic heterocycles. The second kappa shape index (κ2) is 8.57. The maximum absolute atomic E-state index is 11.8. The Labute approximate surface area is 100 Å². The monoisotopic (exact) mass is 228 g/mol. The van der Waals surface area contributed by atoms with Crippen LogP contribution in [0.5, 0.6) is 0 Å². The van der Waals surface area contributed by atoms with Gasteiger partial charge in [0, 0.05) is 19.0 Å². The van der Waals surface area contributed by atoms with Crippen LogP contribution in [0.15, 0.2) is 0 Å². The summed E-state index contributed by atoms with van der Waals surface area (Å²) in [7, 11) is 0. The molecule has 0 aliphatic heterocycles. The van der Waals surface area contributed by atoms with Crippen molar-refractivity contribution >= 4 is 5.91 Å². The number of amides is 1. The molecule has 3 nitrogen and oxygen atoms in total. The summed E-state index contributed by atoms with van der Waals surface area (Å²) in [4.78, 5) is 11.8. The molecule has 0 radical (unpaired) electrons. The average Bonchev–Trinajstić information content (AvgIpc) is 2.24. The first-order valence-electron chi connectivity index (χ1n) is 6.52. The molecule has 1 amide bonds. The molecule has 3 N–H and O–H groups in total. The van der Waals surface area contributed by atoms with Gasteiger partial charge < -0.3 is 11.1 Å². The van der Waals surface area contributed by atoms with E-state index in [-0.39, 0.29) is 11.9 Å². The van der Waals surface area contributed by atoms with Crippen molar-refractivity contribution in [2.45, 2.75) is 59.4 Å². The van der Waals surface area contributed by atoms with Crippen LogP contribution in [0.2, 0.25) is 0 Å². The molecule has 0 saturated carbocycles. The fraction of sp³-hybridized carbons (Fsp3) is 0.923. The first-order chi connectivity index (χ1) is 7.53. The van der Waals surface area contributed by atoms with Gasteiger partial charge in [0.15, 0.2) is 0 Å². The lowest BCUT2D eigenvalue weighted by molar-refractivity contribution is -0.122. The SMILES string of the molecule is CCC(CC)CC(=O)NC(CN)CC(C)C. The largest absolute Gasteiger partial charge is 0.352 e. The second-order valence-corrected chi connectivity index (χ2v) is 5.02. The molecule has 96 valence electrons. The van der Waals surface area contributed by atoms with Crippen LogP contribution in [0, 0.1) is 11.8 Å². The summed E-state index contributed by atoms with van der Waals surface area (Å²) in [6, 6.07) is 0.141. The molecule has 0 bridgehead atoms. The molecule has 0 aromatic rings. The van der Waals surface area contributed by atoms with Gasteiger partial charge >= 0.3 is 0 Å². The molecule has 0 aliphatic carbocycles. The van der Waals surface area contributed by atoms with Crippen LogP contribution in [0.3, 0.4) is 0 Å². The number of nitrogens with one attached hydrogen (secondary N) is 1. The summed E-state index contributed by atoms with van der Waals surface area (Å²) in [5.41, 5.74) is 5.65. The van der Waals surface area contributed by atoms with Gasteiger partial charge in [-0.15, -0.1) is 0 Å². The number of carbonyl (C=O) groups excluding carboxylic acids is 1. The normalized spacial score (nSPS) is 13.2. The Balaban J connectivity index is 3.99. The fourth-order valence-electron chi connectivity index (χ4n) is 1.91. The van der Waals surface area contributed by atoms with Gasteiger partial charge in [-0.05, 0) is 18.3 Å². The van der Waals surface area contributed by atoms with E-state index in [2.05, 4.69) is 33.0 Å². The van der Waals surface area contributed by atoms with Gasteiger partial charge in [0.2, 0.25) is 5.91 Å². The maximum Gasteiger partial charge on any atom is 0.220 e. The van der Waals surface area contributed by atoms with E-state index in [1.807, 2.05) is 0 Å². The molecule has 16 heavy (non-hydrogen) atoms. The van der Waals surface area contributed by atoms with E-state index in [9.17, 15) is 4.79 Å². The third kappa shape index (κ3) is 6.83. The van der Waals surface area contributed by atoms with Gasteiger partial charge in [0.25, 0.3) is 0 Å². The highest BCUT2D eigenvalue weighted by Gasteiger charge is 2.15. The van der Waals surface area contributed by atoms with Gasteiger partial charge in [0.1, 0.15) is 0 Å². The molecular weight excluding hydrogens is 200 g/mol. The van der Waals surface area contributed by atoms with E-state index in [4.69, 9.17) is 5.73 Å². The van der Waals surface area contributed by atoms with Gasteiger partial charge in [0.05, 0.1) is 0 Å². The first-order valence-corrected chi connectivity index (χ1v) is 6.52. The summed E-state index contributed by atoms with van der Waals surface area (Å²) < 4.78 is 0. The number of nitrogens with two attached hydrogens (primary N) is 1. The predicted octanol–water partition coefficient (Wildman–Crippen LogP) is 2.30. The van der Waals surface area contributed by atoms with Gasteiger partial charge in [-0.2, -0.15) is 0 Å². The molecular formula is C13H28N2O. The van der Waals surface area contributed by atoms with Crippen molar-refractivity contribution in [2.24, 2.45) is 17.6 Å².